The van der Waals surface area contributed by atoms with E-state index in [1.807, 2.05) is 0 Å². The minimum Gasteiger partial charge on any atom is -0.507 e. The predicted molar refractivity (Wildman–Crippen MR) is 132 cm³/mol. The van der Waals surface area contributed by atoms with Gasteiger partial charge in [0.1, 0.15) is 28.2 Å². The van der Waals surface area contributed by atoms with Crippen molar-refractivity contribution in [2.75, 3.05) is 0 Å². The smallest absolute Gasteiger partial charge is 0.507 e. The van der Waals surface area contributed by atoms with Crippen molar-refractivity contribution in [1.82, 2.24) is 0 Å². The Hall–Kier alpha value is -2.20. The lowest BCUT2D eigenvalue weighted by Gasteiger charge is -2.29. The number of benzene rings is 2. The van der Waals surface area contributed by atoms with Crippen molar-refractivity contribution >= 4 is 38.2 Å². The molecule has 1 heterocycles. The molecule has 0 aliphatic rings. The molecule has 2 atom stereocenters. The number of halogens is 1. The van der Waals surface area contributed by atoms with E-state index in [0.29, 0.717) is 12.0 Å². The van der Waals surface area contributed by atoms with Crippen molar-refractivity contribution in [3.63, 3.8) is 0 Å². The first-order valence-electron chi connectivity index (χ1n) is 10.8. The lowest BCUT2D eigenvalue weighted by atomic mass is 9.86. The summed E-state index contributed by atoms with van der Waals surface area (Å²) in [6, 6.07) is 8.42. The summed E-state index contributed by atoms with van der Waals surface area (Å²) in [7, 11) is -10.2. The Morgan fingerprint density at radius 3 is 2.28 bits per heavy atom. The normalized spacial score (nSPS) is 14.1. The monoisotopic (exact) mass is 562 g/mol. The van der Waals surface area contributed by atoms with Gasteiger partial charge in [-0.1, -0.05) is 44.0 Å². The third-order valence-corrected chi connectivity index (χ3v) is 6.74. The van der Waals surface area contributed by atoms with Crippen molar-refractivity contribution < 1.29 is 47.3 Å². The molecule has 36 heavy (non-hydrogen) atoms. The zero-order valence-electron chi connectivity index (χ0n) is 19.2. The molecule has 0 spiro atoms. The van der Waals surface area contributed by atoms with Crippen LogP contribution in [0, 0.1) is 0 Å². The fourth-order valence-electron chi connectivity index (χ4n) is 4.10. The van der Waals surface area contributed by atoms with Crippen molar-refractivity contribution in [2.45, 2.75) is 45.1 Å². The summed E-state index contributed by atoms with van der Waals surface area (Å²) in [5.74, 6) is -2.18. The van der Waals surface area contributed by atoms with E-state index in [2.05, 4.69) is 0 Å². The Labute approximate surface area is 210 Å². The van der Waals surface area contributed by atoms with Crippen molar-refractivity contribution in [3.05, 3.63) is 57.2 Å². The highest BCUT2D eigenvalue weighted by Crippen LogP contribution is 2.50. The third kappa shape index (κ3) is 6.56. The molecule has 0 fully saturated rings. The molecule has 2 aromatic carbocycles. The fraction of sp³-hybridized carbons (Fsp3) is 0.318. The number of phenolic OH excluding ortho intramolecular Hbond substituents is 1. The lowest BCUT2D eigenvalue weighted by Crippen LogP contribution is -2.22. The summed E-state index contributed by atoms with van der Waals surface area (Å²) in [6.07, 6.45) is -0.470. The van der Waals surface area contributed by atoms with Gasteiger partial charge in [0, 0.05) is 29.2 Å². The second-order valence-corrected chi connectivity index (χ2v) is 10.7. The van der Waals surface area contributed by atoms with E-state index < -0.39 is 44.6 Å². The van der Waals surface area contributed by atoms with E-state index in [4.69, 9.17) is 25.1 Å². The number of phosphoric ester groups is 2. The number of aromatic hydroxyl groups is 1. The summed E-state index contributed by atoms with van der Waals surface area (Å²) in [4.78, 5) is 51.1. The zero-order chi connectivity index (χ0) is 26.8. The van der Waals surface area contributed by atoms with Crippen LogP contribution in [-0.4, -0.2) is 30.8 Å². The highest BCUT2D eigenvalue weighted by atomic mass is 35.5. The summed E-state index contributed by atoms with van der Waals surface area (Å²) < 4.78 is 39.3. The van der Waals surface area contributed by atoms with Crippen LogP contribution in [0.5, 0.6) is 11.5 Å². The molecule has 3 aromatic rings. The van der Waals surface area contributed by atoms with Gasteiger partial charge in [-0.15, -0.1) is 0 Å². The summed E-state index contributed by atoms with van der Waals surface area (Å²) in [6.45, 7) is 3.37. The van der Waals surface area contributed by atoms with Crippen molar-refractivity contribution in [1.29, 1.82) is 0 Å². The quantitative estimate of drug-likeness (QED) is 0.208. The van der Waals surface area contributed by atoms with Crippen LogP contribution < -0.4 is 9.95 Å². The minimum atomic E-state index is -5.19. The molecule has 0 amide bonds. The average molecular weight is 563 g/mol. The number of phosphoric acid groups is 2. The minimum absolute atomic E-state index is 0.00807. The van der Waals surface area contributed by atoms with E-state index >= 15 is 0 Å². The highest BCUT2D eigenvalue weighted by Gasteiger charge is 2.35. The van der Waals surface area contributed by atoms with Gasteiger partial charge in [-0.05, 0) is 25.0 Å². The van der Waals surface area contributed by atoms with E-state index in [0.717, 1.165) is 12.1 Å². The van der Waals surface area contributed by atoms with Gasteiger partial charge in [0.15, 0.2) is 5.43 Å². The summed E-state index contributed by atoms with van der Waals surface area (Å²) in [5, 5.41) is 10.5. The van der Waals surface area contributed by atoms with E-state index in [1.165, 1.54) is 0 Å². The average Bonchev–Trinajstić information content (AvgIpc) is 2.75. The molecule has 0 unspecified atom stereocenters. The van der Waals surface area contributed by atoms with Crippen LogP contribution >= 0.6 is 27.2 Å². The second kappa shape index (κ2) is 11.0. The Bertz CT molecular complexity index is 1410. The SMILES string of the molecule is CCC[C@H](c1c(OP(=O)(O)O)cc(O)c2c(=O)cc(-c3ccccc3Cl)oc12)[C@@H](CC)OP(=O)(O)O. The van der Waals surface area contributed by atoms with E-state index in [-0.39, 0.29) is 40.2 Å². The van der Waals surface area contributed by atoms with Crippen LogP contribution in [0.1, 0.15) is 44.6 Å². The van der Waals surface area contributed by atoms with Gasteiger partial charge in [-0.3, -0.25) is 19.1 Å². The van der Waals surface area contributed by atoms with Crippen molar-refractivity contribution in [2.24, 2.45) is 0 Å². The third-order valence-electron chi connectivity index (χ3n) is 5.43. The molecule has 1 aromatic heterocycles. The molecule has 0 saturated heterocycles. The maximum atomic E-state index is 13.1. The molecular weight excluding hydrogens is 538 g/mol. The standard InChI is InChI=1S/C22H25ClO11P2/c1-3-7-13(17(4-2)33-35(26,27)28)20-19(34-36(29,30)31)11-16(25)21-15(24)10-18(32-22(20)21)12-8-5-6-9-14(12)23/h5-6,8-11,13,17,25H,3-4,7H2,1-2H3,(H2,26,27,28)(H2,29,30,31)/t13-,17+/m0/s1. The highest BCUT2D eigenvalue weighted by molar-refractivity contribution is 7.46. The topological polar surface area (TPSA) is 184 Å². The molecule has 0 bridgehead atoms. The second-order valence-electron chi connectivity index (χ2n) is 7.99. The molecule has 14 heteroatoms. The molecule has 0 aliphatic carbocycles. The number of rotatable bonds is 10. The lowest BCUT2D eigenvalue weighted by molar-refractivity contribution is 0.105. The summed E-state index contributed by atoms with van der Waals surface area (Å²) >= 11 is 6.26. The van der Waals surface area contributed by atoms with Gasteiger partial charge < -0.3 is 23.8 Å². The Kier molecular flexibility index (Phi) is 8.70. The Morgan fingerprint density at radius 2 is 1.72 bits per heavy atom. The molecule has 3 rings (SSSR count). The van der Waals surface area contributed by atoms with Crippen LogP contribution in [0.4, 0.5) is 0 Å². The van der Waals surface area contributed by atoms with Gasteiger partial charge in [0.05, 0.1) is 11.1 Å². The Morgan fingerprint density at radius 1 is 1.06 bits per heavy atom. The maximum absolute atomic E-state index is 13.1. The first-order valence-corrected chi connectivity index (χ1v) is 14.3. The van der Waals surface area contributed by atoms with Gasteiger partial charge >= 0.3 is 15.6 Å². The van der Waals surface area contributed by atoms with Gasteiger partial charge in [-0.25, -0.2) is 9.13 Å². The van der Waals surface area contributed by atoms with E-state index in [9.17, 15) is 38.6 Å². The molecule has 11 nitrogen and oxygen atoms in total. The first-order chi connectivity index (χ1) is 16.8. The van der Waals surface area contributed by atoms with E-state index in [1.54, 1.807) is 38.1 Å². The molecule has 5 N–H and O–H groups in total. The van der Waals surface area contributed by atoms with Crippen LogP contribution in [0.3, 0.4) is 0 Å². The van der Waals surface area contributed by atoms with Gasteiger partial charge in [0.25, 0.3) is 0 Å². The van der Waals surface area contributed by atoms with Crippen LogP contribution in [0.25, 0.3) is 22.3 Å². The first kappa shape index (κ1) is 28.4. The largest absolute Gasteiger partial charge is 0.524 e. The molecule has 0 aliphatic heterocycles. The van der Waals surface area contributed by atoms with Crippen LogP contribution in [0.15, 0.2) is 45.6 Å². The van der Waals surface area contributed by atoms with Gasteiger partial charge in [-0.2, -0.15) is 0 Å². The molecule has 0 saturated carbocycles. The maximum Gasteiger partial charge on any atom is 0.524 e. The van der Waals surface area contributed by atoms with Crippen molar-refractivity contribution in [3.8, 4) is 22.8 Å². The molecule has 196 valence electrons. The predicted octanol–water partition coefficient (Wildman–Crippen LogP) is 5.06. The zero-order valence-corrected chi connectivity index (χ0v) is 21.7. The molecule has 0 radical (unpaired) electrons. The fourth-order valence-corrected chi connectivity index (χ4v) is 5.38. The number of hydrogen-bond acceptors (Lipinski definition) is 7. The van der Waals surface area contributed by atoms with Crippen LogP contribution in [-0.2, 0) is 13.7 Å². The Balaban J connectivity index is 2.45. The number of fused-ring (bicyclic) bond motifs is 1. The molecular formula is C22H25ClO11P2. The number of hydrogen-bond donors (Lipinski definition) is 5. The van der Waals surface area contributed by atoms with Gasteiger partial charge in [0.2, 0.25) is 0 Å². The number of phenols is 1. The summed E-state index contributed by atoms with van der Waals surface area (Å²) in [5.41, 5.74) is -0.742. The van der Waals surface area contributed by atoms with Crippen LogP contribution in [0.2, 0.25) is 5.02 Å².